The van der Waals surface area contributed by atoms with Gasteiger partial charge in [0.25, 0.3) is 0 Å². The molecule has 0 radical (unpaired) electrons. The molecule has 4 aliphatic rings. The zero-order valence-electron chi connectivity index (χ0n) is 13.4. The van der Waals surface area contributed by atoms with Crippen LogP contribution in [-0.4, -0.2) is 44.1 Å². The van der Waals surface area contributed by atoms with Crippen LogP contribution >= 0.6 is 0 Å². The van der Waals surface area contributed by atoms with Crippen LogP contribution in [0.25, 0.3) is 0 Å². The number of hydrogen-bond acceptors (Lipinski definition) is 6. The fourth-order valence-corrected chi connectivity index (χ4v) is 4.06. The smallest absolute Gasteiger partial charge is 0.523 e. The van der Waals surface area contributed by atoms with Crippen molar-refractivity contribution >= 4 is 7.12 Å². The lowest BCUT2D eigenvalue weighted by molar-refractivity contribution is -0.232. The minimum absolute atomic E-state index is 0.0973. The standard InChI is InChI=1S/C16H19BO6/c1-15(2)19-12-13(20-15)16(21-14(12)18-3)8-11(16)17-22-9-6-4-5-7-10(9)23-17/h4-7,11-14H,8H2,1-3H3/t11-,12-,13?,14+,16-/m0/s1. The first-order valence-corrected chi connectivity index (χ1v) is 8.01. The normalized spacial score (nSPS) is 42.3. The fourth-order valence-electron chi connectivity index (χ4n) is 4.06. The van der Waals surface area contributed by atoms with Gasteiger partial charge in [-0.15, -0.1) is 0 Å². The van der Waals surface area contributed by atoms with Crippen LogP contribution in [0.3, 0.4) is 0 Å². The molecule has 0 aromatic heterocycles. The highest BCUT2D eigenvalue weighted by molar-refractivity contribution is 6.51. The lowest BCUT2D eigenvalue weighted by atomic mass is 9.79. The second-order valence-corrected chi connectivity index (χ2v) is 7.06. The molecule has 0 N–H and O–H groups in total. The monoisotopic (exact) mass is 318 g/mol. The van der Waals surface area contributed by atoms with Crippen LogP contribution in [0.4, 0.5) is 0 Å². The highest BCUT2D eigenvalue weighted by Crippen LogP contribution is 2.65. The van der Waals surface area contributed by atoms with Gasteiger partial charge in [0.1, 0.15) is 29.3 Å². The van der Waals surface area contributed by atoms with E-state index in [9.17, 15) is 0 Å². The molecule has 5 atom stereocenters. The lowest BCUT2D eigenvalue weighted by Crippen LogP contribution is -2.37. The SMILES string of the molecule is CO[C@@H]1O[C@]2(C[C@@H]2B2Oc3ccccc3O2)C2OC(C)(C)O[C@@H]21. The van der Waals surface area contributed by atoms with Gasteiger partial charge in [-0.3, -0.25) is 0 Å². The summed E-state index contributed by atoms with van der Waals surface area (Å²) in [6.07, 6.45) is 0.00857. The van der Waals surface area contributed by atoms with E-state index in [1.54, 1.807) is 7.11 Å². The van der Waals surface area contributed by atoms with Gasteiger partial charge in [0.15, 0.2) is 12.1 Å². The molecule has 122 valence electrons. The summed E-state index contributed by atoms with van der Waals surface area (Å²) in [5.74, 6) is 1.03. The average Bonchev–Trinajstić information content (AvgIpc) is 2.80. The van der Waals surface area contributed by atoms with Crippen LogP contribution in [0.1, 0.15) is 20.3 Å². The van der Waals surface area contributed by atoms with E-state index in [1.165, 1.54) is 0 Å². The zero-order chi connectivity index (χ0) is 15.8. The van der Waals surface area contributed by atoms with E-state index in [1.807, 2.05) is 38.1 Å². The summed E-state index contributed by atoms with van der Waals surface area (Å²) in [4.78, 5) is 0. The molecule has 23 heavy (non-hydrogen) atoms. The molecule has 1 aromatic carbocycles. The Bertz CT molecular complexity index is 626. The van der Waals surface area contributed by atoms with Crippen molar-refractivity contribution in [3.05, 3.63) is 24.3 Å². The Labute approximate surface area is 135 Å². The lowest BCUT2D eigenvalue weighted by Gasteiger charge is -2.24. The summed E-state index contributed by atoms with van der Waals surface area (Å²) >= 11 is 0. The summed E-state index contributed by atoms with van der Waals surface area (Å²) in [5, 5.41) is 0. The Kier molecular flexibility index (Phi) is 2.71. The van der Waals surface area contributed by atoms with Gasteiger partial charge in [0, 0.05) is 7.11 Å². The number of hydrogen-bond donors (Lipinski definition) is 0. The largest absolute Gasteiger partial charge is 0.601 e. The van der Waals surface area contributed by atoms with E-state index in [4.69, 9.17) is 28.3 Å². The summed E-state index contributed by atoms with van der Waals surface area (Å²) in [7, 11) is 1.28. The third kappa shape index (κ3) is 1.91. The minimum Gasteiger partial charge on any atom is -0.523 e. The molecule has 0 bridgehead atoms. The quantitative estimate of drug-likeness (QED) is 0.777. The molecule has 6 nitrogen and oxygen atoms in total. The maximum atomic E-state index is 6.16. The van der Waals surface area contributed by atoms with Crippen LogP contribution in [-0.2, 0) is 18.9 Å². The van der Waals surface area contributed by atoms with Gasteiger partial charge in [-0.2, -0.15) is 0 Å². The van der Waals surface area contributed by atoms with E-state index in [-0.39, 0.29) is 25.1 Å². The van der Waals surface area contributed by atoms with Gasteiger partial charge in [-0.1, -0.05) is 12.1 Å². The van der Waals surface area contributed by atoms with E-state index in [2.05, 4.69) is 0 Å². The Morgan fingerprint density at radius 2 is 1.78 bits per heavy atom. The third-order valence-corrected chi connectivity index (χ3v) is 5.12. The molecule has 1 saturated carbocycles. The molecular weight excluding hydrogens is 299 g/mol. The zero-order valence-corrected chi connectivity index (χ0v) is 13.4. The van der Waals surface area contributed by atoms with E-state index in [0.717, 1.165) is 17.9 Å². The average molecular weight is 318 g/mol. The maximum Gasteiger partial charge on any atom is 0.601 e. The second-order valence-electron chi connectivity index (χ2n) is 7.06. The van der Waals surface area contributed by atoms with Crippen LogP contribution in [0.15, 0.2) is 24.3 Å². The van der Waals surface area contributed by atoms with Crippen molar-refractivity contribution in [3.8, 4) is 11.5 Å². The van der Waals surface area contributed by atoms with E-state index < -0.39 is 17.7 Å². The number of benzene rings is 1. The van der Waals surface area contributed by atoms with Crippen molar-refractivity contribution in [2.75, 3.05) is 7.11 Å². The number of fused-ring (bicyclic) bond motifs is 3. The van der Waals surface area contributed by atoms with Gasteiger partial charge in [0.05, 0.1) is 5.82 Å². The summed E-state index contributed by atoms with van der Waals surface area (Å²) in [6, 6.07) is 7.71. The van der Waals surface area contributed by atoms with Crippen molar-refractivity contribution in [3.63, 3.8) is 0 Å². The summed E-state index contributed by atoms with van der Waals surface area (Å²) in [6.45, 7) is 3.84. The molecular formula is C16H19BO6. The fraction of sp³-hybridized carbons (Fsp3) is 0.625. The summed E-state index contributed by atoms with van der Waals surface area (Å²) in [5.41, 5.74) is -0.453. The third-order valence-electron chi connectivity index (χ3n) is 5.12. The van der Waals surface area contributed by atoms with Crippen molar-refractivity contribution in [2.45, 2.75) is 56.0 Å². The molecule has 5 rings (SSSR count). The number of methoxy groups -OCH3 is 1. The van der Waals surface area contributed by atoms with Gasteiger partial charge in [0.2, 0.25) is 0 Å². The first-order chi connectivity index (χ1) is 11.0. The molecule has 3 heterocycles. The van der Waals surface area contributed by atoms with Crippen LogP contribution in [0, 0.1) is 0 Å². The Morgan fingerprint density at radius 1 is 1.09 bits per heavy atom. The summed E-state index contributed by atoms with van der Waals surface area (Å²) < 4.78 is 35.6. The molecule has 1 unspecified atom stereocenters. The van der Waals surface area contributed by atoms with E-state index >= 15 is 0 Å². The van der Waals surface area contributed by atoms with Gasteiger partial charge >= 0.3 is 7.12 Å². The number of para-hydroxylation sites is 2. The van der Waals surface area contributed by atoms with Gasteiger partial charge < -0.3 is 28.3 Å². The Morgan fingerprint density at radius 3 is 2.43 bits per heavy atom. The molecule has 3 aliphatic heterocycles. The van der Waals surface area contributed by atoms with Crippen LogP contribution < -0.4 is 9.31 Å². The Hall–Kier alpha value is -1.28. The predicted molar refractivity (Wildman–Crippen MR) is 80.3 cm³/mol. The van der Waals surface area contributed by atoms with Crippen LogP contribution in [0.5, 0.6) is 11.5 Å². The molecule has 2 saturated heterocycles. The molecule has 7 heteroatoms. The van der Waals surface area contributed by atoms with Gasteiger partial charge in [-0.05, 0) is 32.4 Å². The van der Waals surface area contributed by atoms with Crippen LogP contribution in [0.2, 0.25) is 5.82 Å². The predicted octanol–water partition coefficient (Wildman–Crippen LogP) is 1.98. The molecule has 1 spiro atoms. The maximum absolute atomic E-state index is 6.16. The Balaban J connectivity index is 1.39. The first-order valence-electron chi connectivity index (χ1n) is 8.01. The first kappa shape index (κ1) is 14.1. The number of rotatable bonds is 2. The molecule has 0 amide bonds. The highest BCUT2D eigenvalue weighted by Gasteiger charge is 2.78. The van der Waals surface area contributed by atoms with Crippen molar-refractivity contribution in [1.82, 2.24) is 0 Å². The van der Waals surface area contributed by atoms with E-state index in [0.29, 0.717) is 0 Å². The molecule has 1 aromatic rings. The minimum atomic E-state index is -0.629. The topological polar surface area (TPSA) is 55.4 Å². The van der Waals surface area contributed by atoms with Crippen molar-refractivity contribution in [1.29, 1.82) is 0 Å². The van der Waals surface area contributed by atoms with Crippen molar-refractivity contribution in [2.24, 2.45) is 0 Å². The molecule has 1 aliphatic carbocycles. The van der Waals surface area contributed by atoms with Gasteiger partial charge in [-0.25, -0.2) is 0 Å². The highest BCUT2D eigenvalue weighted by atomic mass is 16.8. The number of ether oxygens (including phenoxy) is 4. The van der Waals surface area contributed by atoms with Crippen molar-refractivity contribution < 1.29 is 28.3 Å². The molecule has 3 fully saturated rings. The second kappa shape index (κ2) is 4.42.